The Balaban J connectivity index is 2.21. The first kappa shape index (κ1) is 24.8. The quantitative estimate of drug-likeness (QED) is 0.286. The van der Waals surface area contributed by atoms with E-state index in [0.29, 0.717) is 5.56 Å². The van der Waals surface area contributed by atoms with Gasteiger partial charge in [-0.05, 0) is 38.5 Å². The van der Waals surface area contributed by atoms with Crippen LogP contribution in [0.4, 0.5) is 0 Å². The molecule has 1 aromatic rings. The standard InChI is InChI=1S/C21H29N5O6/c1-11-9-22-12(2)18(28)26-16(21(31)32)8-14-4-6-15(7-5-14)20(30)23-10-17(27)25-13(3)19(29)24-11/h4-7,11-13,16,22H,8-10H2,1-3H3,(H,23,30)(H,24,29)(H,25,27)(H,26,28)(H,31,32). The Hall–Kier alpha value is -3.47. The lowest BCUT2D eigenvalue weighted by Crippen LogP contribution is -2.54. The van der Waals surface area contributed by atoms with E-state index < -0.39 is 47.7 Å². The molecule has 2 bridgehead atoms. The summed E-state index contributed by atoms with van der Waals surface area (Å²) < 4.78 is 0. The smallest absolute Gasteiger partial charge is 0.326 e. The number of carboxylic acid groups (broad SMARTS) is 1. The lowest BCUT2D eigenvalue weighted by atomic mass is 10.0. The average Bonchev–Trinajstić information content (AvgIpc) is 2.74. The molecule has 2 aliphatic rings. The Bertz CT molecular complexity index is 872. The lowest BCUT2D eigenvalue weighted by Gasteiger charge is -2.22. The van der Waals surface area contributed by atoms with Crippen molar-refractivity contribution in [2.24, 2.45) is 0 Å². The third kappa shape index (κ3) is 7.34. The highest BCUT2D eigenvalue weighted by atomic mass is 16.4. The zero-order valence-electron chi connectivity index (χ0n) is 18.2. The molecule has 4 amide bonds. The van der Waals surface area contributed by atoms with Crippen LogP contribution in [0.1, 0.15) is 36.7 Å². The van der Waals surface area contributed by atoms with Gasteiger partial charge in [0.25, 0.3) is 5.91 Å². The third-order valence-electron chi connectivity index (χ3n) is 4.96. The number of carboxylic acids is 1. The van der Waals surface area contributed by atoms with Crippen molar-refractivity contribution in [3.05, 3.63) is 35.4 Å². The van der Waals surface area contributed by atoms with Crippen LogP contribution in [0.3, 0.4) is 0 Å². The van der Waals surface area contributed by atoms with Gasteiger partial charge in [0.2, 0.25) is 17.7 Å². The minimum absolute atomic E-state index is 0.0302. The predicted molar refractivity (Wildman–Crippen MR) is 115 cm³/mol. The fourth-order valence-electron chi connectivity index (χ4n) is 3.01. The number of benzene rings is 1. The molecule has 32 heavy (non-hydrogen) atoms. The van der Waals surface area contributed by atoms with Crippen molar-refractivity contribution in [3.63, 3.8) is 0 Å². The maximum Gasteiger partial charge on any atom is 0.326 e. The number of carbonyl (C=O) groups excluding carboxylic acids is 4. The van der Waals surface area contributed by atoms with Crippen molar-refractivity contribution in [3.8, 4) is 0 Å². The van der Waals surface area contributed by atoms with Gasteiger partial charge in [0.05, 0.1) is 12.6 Å². The molecule has 0 saturated carbocycles. The van der Waals surface area contributed by atoms with Crippen molar-refractivity contribution in [1.82, 2.24) is 26.6 Å². The van der Waals surface area contributed by atoms with Gasteiger partial charge in [-0.1, -0.05) is 12.1 Å². The molecule has 0 spiro atoms. The van der Waals surface area contributed by atoms with Gasteiger partial charge < -0.3 is 31.7 Å². The minimum atomic E-state index is -1.19. The highest BCUT2D eigenvalue weighted by Crippen LogP contribution is 2.08. The molecule has 0 radical (unpaired) electrons. The summed E-state index contributed by atoms with van der Waals surface area (Å²) in [7, 11) is 0. The van der Waals surface area contributed by atoms with Gasteiger partial charge >= 0.3 is 5.97 Å². The fraction of sp³-hybridized carbons (Fsp3) is 0.476. The number of carbonyl (C=O) groups is 5. The molecular weight excluding hydrogens is 418 g/mol. The summed E-state index contributed by atoms with van der Waals surface area (Å²) in [5.74, 6) is -3.12. The number of aliphatic carboxylic acids is 1. The second kappa shape index (κ2) is 11.2. The van der Waals surface area contributed by atoms with Crippen LogP contribution >= 0.6 is 0 Å². The number of nitrogens with one attached hydrogen (secondary N) is 5. The van der Waals surface area contributed by atoms with Gasteiger partial charge in [0.15, 0.2) is 0 Å². The van der Waals surface area contributed by atoms with Crippen molar-refractivity contribution in [2.75, 3.05) is 13.1 Å². The first-order valence-corrected chi connectivity index (χ1v) is 10.3. The number of hydrogen-bond donors (Lipinski definition) is 6. The first-order valence-electron chi connectivity index (χ1n) is 10.3. The average molecular weight is 447 g/mol. The van der Waals surface area contributed by atoms with E-state index in [9.17, 15) is 29.1 Å². The van der Waals surface area contributed by atoms with Crippen LogP contribution in [0.2, 0.25) is 0 Å². The predicted octanol–water partition coefficient (Wildman–Crippen LogP) is -1.47. The molecule has 2 heterocycles. The van der Waals surface area contributed by atoms with Crippen LogP contribution < -0.4 is 26.6 Å². The zero-order valence-corrected chi connectivity index (χ0v) is 18.2. The van der Waals surface area contributed by atoms with E-state index in [1.807, 2.05) is 0 Å². The van der Waals surface area contributed by atoms with E-state index in [2.05, 4.69) is 26.6 Å². The Morgan fingerprint density at radius 2 is 1.53 bits per heavy atom. The van der Waals surface area contributed by atoms with E-state index in [1.165, 1.54) is 19.1 Å². The molecule has 0 saturated heterocycles. The number of hydrogen-bond acceptors (Lipinski definition) is 6. The van der Waals surface area contributed by atoms with Crippen molar-refractivity contribution in [2.45, 2.75) is 51.4 Å². The molecule has 11 nitrogen and oxygen atoms in total. The fourth-order valence-corrected chi connectivity index (χ4v) is 3.01. The van der Waals surface area contributed by atoms with Crippen molar-refractivity contribution in [1.29, 1.82) is 0 Å². The van der Waals surface area contributed by atoms with Crippen LogP contribution in [-0.4, -0.2) is 72.0 Å². The molecule has 4 atom stereocenters. The monoisotopic (exact) mass is 447 g/mol. The van der Waals surface area contributed by atoms with Gasteiger partial charge in [-0.2, -0.15) is 0 Å². The topological polar surface area (TPSA) is 166 Å². The van der Waals surface area contributed by atoms with Crippen LogP contribution in [0.5, 0.6) is 0 Å². The van der Waals surface area contributed by atoms with Crippen molar-refractivity contribution >= 4 is 29.6 Å². The van der Waals surface area contributed by atoms with Crippen LogP contribution in [0, 0.1) is 0 Å². The van der Waals surface area contributed by atoms with E-state index in [0.717, 1.165) is 0 Å². The maximum absolute atomic E-state index is 12.4. The Morgan fingerprint density at radius 3 is 2.16 bits per heavy atom. The molecule has 6 N–H and O–H groups in total. The molecule has 4 unspecified atom stereocenters. The summed E-state index contributed by atoms with van der Waals surface area (Å²) in [6.07, 6.45) is 0.0302. The van der Waals surface area contributed by atoms with E-state index in [4.69, 9.17) is 0 Å². The molecule has 174 valence electrons. The van der Waals surface area contributed by atoms with Crippen LogP contribution in [0.15, 0.2) is 24.3 Å². The Kier molecular flexibility index (Phi) is 8.71. The normalized spacial score (nSPS) is 26.3. The summed E-state index contributed by atoms with van der Waals surface area (Å²) in [6, 6.07) is 3.13. The molecular formula is C21H29N5O6. The summed E-state index contributed by atoms with van der Waals surface area (Å²) in [4.78, 5) is 60.6. The second-order valence-corrected chi connectivity index (χ2v) is 7.81. The molecule has 3 rings (SSSR count). The maximum atomic E-state index is 12.4. The highest BCUT2D eigenvalue weighted by molar-refractivity contribution is 5.97. The van der Waals surface area contributed by atoms with Crippen molar-refractivity contribution < 1.29 is 29.1 Å². The largest absolute Gasteiger partial charge is 0.480 e. The molecule has 1 aromatic carbocycles. The summed E-state index contributed by atoms with van der Waals surface area (Å²) in [5, 5.41) is 22.6. The van der Waals surface area contributed by atoms with Gasteiger partial charge in [-0.15, -0.1) is 0 Å². The van der Waals surface area contributed by atoms with Crippen LogP contribution in [-0.2, 0) is 25.6 Å². The Morgan fingerprint density at radius 1 is 0.906 bits per heavy atom. The van der Waals surface area contributed by atoms with Gasteiger partial charge in [0, 0.05) is 24.6 Å². The number of rotatable bonds is 1. The summed E-state index contributed by atoms with van der Waals surface area (Å²) in [6.45, 7) is 4.77. The molecule has 2 aliphatic heterocycles. The minimum Gasteiger partial charge on any atom is -0.480 e. The molecule has 0 aliphatic carbocycles. The zero-order chi connectivity index (χ0) is 23.8. The van der Waals surface area contributed by atoms with E-state index >= 15 is 0 Å². The number of fused-ring (bicyclic) bond motifs is 17. The summed E-state index contributed by atoms with van der Waals surface area (Å²) in [5.41, 5.74) is 0.900. The molecule has 11 heteroatoms. The molecule has 0 fully saturated rings. The molecule has 0 aromatic heterocycles. The second-order valence-electron chi connectivity index (χ2n) is 7.81. The summed E-state index contributed by atoms with van der Waals surface area (Å²) >= 11 is 0. The SMILES string of the molecule is CC1CNC(C)C(=O)NC(C(=O)O)Cc2ccc(cc2)C(=O)NCC(=O)NC(C)C(=O)N1. The van der Waals surface area contributed by atoms with Crippen LogP contribution in [0.25, 0.3) is 0 Å². The van der Waals surface area contributed by atoms with E-state index in [-0.39, 0.29) is 31.1 Å². The lowest BCUT2D eigenvalue weighted by molar-refractivity contribution is -0.142. The first-order chi connectivity index (χ1) is 15.1. The third-order valence-corrected chi connectivity index (χ3v) is 4.96. The number of amides is 4. The Labute approximate surface area is 185 Å². The highest BCUT2D eigenvalue weighted by Gasteiger charge is 2.24. The van der Waals surface area contributed by atoms with Gasteiger partial charge in [-0.3, -0.25) is 19.2 Å². The van der Waals surface area contributed by atoms with Gasteiger partial charge in [-0.25, -0.2) is 4.79 Å². The van der Waals surface area contributed by atoms with Gasteiger partial charge in [0.1, 0.15) is 12.1 Å². The van der Waals surface area contributed by atoms with E-state index in [1.54, 1.807) is 26.0 Å².